The van der Waals surface area contributed by atoms with E-state index in [4.69, 9.17) is 4.42 Å². The van der Waals surface area contributed by atoms with Crippen LogP contribution in [0.25, 0.3) is 0 Å². The average molecular weight is 288 g/mol. The van der Waals surface area contributed by atoms with Crippen LogP contribution in [0.1, 0.15) is 31.5 Å². The molecule has 0 radical (unpaired) electrons. The van der Waals surface area contributed by atoms with Crippen molar-refractivity contribution in [2.45, 2.75) is 38.8 Å². The molecule has 0 saturated carbocycles. The van der Waals surface area contributed by atoms with Crippen LogP contribution < -0.4 is 4.72 Å². The molecule has 1 aliphatic heterocycles. The molecule has 0 aromatic carbocycles. The van der Waals surface area contributed by atoms with E-state index in [2.05, 4.69) is 19.8 Å². The van der Waals surface area contributed by atoms with E-state index >= 15 is 0 Å². The molecule has 1 aliphatic rings. The Balaban J connectivity index is 1.80. The number of rotatable bonds is 5. The monoisotopic (exact) mass is 288 g/mol. The molecule has 1 aromatic heterocycles. The van der Waals surface area contributed by atoms with Gasteiger partial charge < -0.3 is 4.42 Å². The lowest BCUT2D eigenvalue weighted by molar-refractivity contribution is 0.182. The van der Waals surface area contributed by atoms with Gasteiger partial charge in [-0.3, -0.25) is 4.90 Å². The maximum absolute atomic E-state index is 11.1. The lowest BCUT2D eigenvalue weighted by Crippen LogP contribution is -2.44. The number of hydrogen-bond acceptors (Lipinski definition) is 6. The minimum atomic E-state index is -3.11. The summed E-state index contributed by atoms with van der Waals surface area (Å²) in [6.07, 6.45) is 3.56. The van der Waals surface area contributed by atoms with Gasteiger partial charge in [0.25, 0.3) is 0 Å². The van der Waals surface area contributed by atoms with Crippen molar-refractivity contribution >= 4 is 10.0 Å². The first kappa shape index (κ1) is 14.4. The van der Waals surface area contributed by atoms with Gasteiger partial charge in [-0.1, -0.05) is 6.92 Å². The summed E-state index contributed by atoms with van der Waals surface area (Å²) in [5.74, 6) is 1.29. The topological polar surface area (TPSA) is 88.3 Å². The third-order valence-corrected chi connectivity index (χ3v) is 3.90. The number of likely N-dealkylation sites (tertiary alicyclic amines) is 1. The van der Waals surface area contributed by atoms with Crippen LogP contribution in [-0.2, 0) is 23.0 Å². The molecule has 19 heavy (non-hydrogen) atoms. The summed E-state index contributed by atoms with van der Waals surface area (Å²) in [6, 6.07) is 0.0418. The first-order valence-electron chi connectivity index (χ1n) is 6.47. The summed E-state index contributed by atoms with van der Waals surface area (Å²) < 4.78 is 30.4. The van der Waals surface area contributed by atoms with Gasteiger partial charge in [-0.05, 0) is 12.8 Å². The summed E-state index contributed by atoms with van der Waals surface area (Å²) >= 11 is 0. The highest BCUT2D eigenvalue weighted by atomic mass is 32.2. The predicted molar refractivity (Wildman–Crippen MR) is 70.0 cm³/mol. The van der Waals surface area contributed by atoms with E-state index < -0.39 is 10.0 Å². The molecule has 0 aliphatic carbocycles. The molecule has 1 fully saturated rings. The quantitative estimate of drug-likeness (QED) is 0.829. The first-order valence-corrected chi connectivity index (χ1v) is 8.36. The second kappa shape index (κ2) is 5.98. The molecule has 1 aromatic rings. The zero-order valence-corrected chi connectivity index (χ0v) is 12.1. The standard InChI is InChI=1S/C11H20N4O3S/c1-3-10-12-13-11(18-10)8-15-6-4-9(5-7-15)14-19(2,16)17/h9,14H,3-8H2,1-2H3. The number of piperidine rings is 1. The smallest absolute Gasteiger partial charge is 0.230 e. The number of sulfonamides is 1. The van der Waals surface area contributed by atoms with Gasteiger partial charge in [-0.15, -0.1) is 10.2 Å². The van der Waals surface area contributed by atoms with Crippen molar-refractivity contribution in [3.8, 4) is 0 Å². The third kappa shape index (κ3) is 4.55. The Bertz CT molecular complexity index is 506. The lowest BCUT2D eigenvalue weighted by atomic mass is 10.1. The number of aromatic nitrogens is 2. The van der Waals surface area contributed by atoms with Crippen molar-refractivity contribution in [3.63, 3.8) is 0 Å². The molecule has 1 N–H and O–H groups in total. The zero-order valence-electron chi connectivity index (χ0n) is 11.3. The Hall–Kier alpha value is -0.990. The van der Waals surface area contributed by atoms with E-state index in [9.17, 15) is 8.42 Å². The van der Waals surface area contributed by atoms with Gasteiger partial charge in [-0.2, -0.15) is 0 Å². The molecule has 0 atom stereocenters. The third-order valence-electron chi connectivity index (χ3n) is 3.14. The van der Waals surface area contributed by atoms with Gasteiger partial charge in [0.1, 0.15) is 0 Å². The first-order chi connectivity index (χ1) is 8.96. The van der Waals surface area contributed by atoms with Crippen molar-refractivity contribution in [2.75, 3.05) is 19.3 Å². The number of aryl methyl sites for hydroxylation is 1. The fraction of sp³-hybridized carbons (Fsp3) is 0.818. The molecule has 108 valence electrons. The van der Waals surface area contributed by atoms with E-state index in [1.165, 1.54) is 6.26 Å². The SMILES string of the molecule is CCc1nnc(CN2CCC(NS(C)(=O)=O)CC2)o1. The minimum absolute atomic E-state index is 0.0418. The van der Waals surface area contributed by atoms with Crippen LogP contribution in [0.2, 0.25) is 0 Å². The maximum Gasteiger partial charge on any atom is 0.230 e. The Morgan fingerprint density at radius 3 is 2.47 bits per heavy atom. The van der Waals surface area contributed by atoms with Crippen LogP contribution in [0.4, 0.5) is 0 Å². The van der Waals surface area contributed by atoms with Crippen LogP contribution in [-0.4, -0.2) is 48.9 Å². The Morgan fingerprint density at radius 2 is 1.95 bits per heavy atom. The summed E-state index contributed by atoms with van der Waals surface area (Å²) in [4.78, 5) is 2.20. The van der Waals surface area contributed by atoms with Crippen molar-refractivity contribution < 1.29 is 12.8 Å². The molecular formula is C11H20N4O3S. The highest BCUT2D eigenvalue weighted by Crippen LogP contribution is 2.14. The van der Waals surface area contributed by atoms with Crippen molar-refractivity contribution in [2.24, 2.45) is 0 Å². The predicted octanol–water partition coefficient (Wildman–Crippen LogP) is 0.146. The van der Waals surface area contributed by atoms with E-state index in [1.54, 1.807) is 0 Å². The number of nitrogens with one attached hydrogen (secondary N) is 1. The largest absolute Gasteiger partial charge is 0.424 e. The Kier molecular flexibility index (Phi) is 4.54. The Labute approximate surface area is 113 Å². The highest BCUT2D eigenvalue weighted by molar-refractivity contribution is 7.88. The Morgan fingerprint density at radius 1 is 1.32 bits per heavy atom. The van der Waals surface area contributed by atoms with Crippen LogP contribution in [0, 0.1) is 0 Å². The fourth-order valence-corrected chi connectivity index (χ4v) is 3.04. The van der Waals surface area contributed by atoms with E-state index in [1.807, 2.05) is 6.92 Å². The second-order valence-corrected chi connectivity index (χ2v) is 6.66. The van der Waals surface area contributed by atoms with Crippen LogP contribution in [0.3, 0.4) is 0 Å². The molecule has 1 saturated heterocycles. The molecule has 0 spiro atoms. The lowest BCUT2D eigenvalue weighted by Gasteiger charge is -2.30. The van der Waals surface area contributed by atoms with Gasteiger partial charge in [0.05, 0.1) is 12.8 Å². The van der Waals surface area contributed by atoms with Crippen LogP contribution in [0.5, 0.6) is 0 Å². The molecule has 2 rings (SSSR count). The molecule has 7 nitrogen and oxygen atoms in total. The van der Waals surface area contributed by atoms with Crippen molar-refractivity contribution in [3.05, 3.63) is 11.8 Å². The fourth-order valence-electron chi connectivity index (χ4n) is 2.20. The number of nitrogens with zero attached hydrogens (tertiary/aromatic N) is 3. The molecule has 8 heteroatoms. The second-order valence-electron chi connectivity index (χ2n) is 4.88. The van der Waals surface area contributed by atoms with Gasteiger partial charge in [0.15, 0.2) is 0 Å². The van der Waals surface area contributed by atoms with Crippen molar-refractivity contribution in [1.29, 1.82) is 0 Å². The van der Waals surface area contributed by atoms with E-state index in [0.29, 0.717) is 18.3 Å². The van der Waals surface area contributed by atoms with Crippen molar-refractivity contribution in [1.82, 2.24) is 19.8 Å². The van der Waals surface area contributed by atoms with Gasteiger partial charge in [0.2, 0.25) is 21.8 Å². The highest BCUT2D eigenvalue weighted by Gasteiger charge is 2.22. The van der Waals surface area contributed by atoms with Gasteiger partial charge in [-0.25, -0.2) is 13.1 Å². The van der Waals surface area contributed by atoms with Gasteiger partial charge >= 0.3 is 0 Å². The van der Waals surface area contributed by atoms with Crippen LogP contribution in [0.15, 0.2) is 4.42 Å². The van der Waals surface area contributed by atoms with E-state index in [0.717, 1.165) is 32.4 Å². The number of hydrogen-bond donors (Lipinski definition) is 1. The average Bonchev–Trinajstić information content (AvgIpc) is 2.77. The molecule has 0 unspecified atom stereocenters. The molecule has 0 amide bonds. The molecule has 2 heterocycles. The summed E-state index contributed by atoms with van der Waals surface area (Å²) in [5.41, 5.74) is 0. The summed E-state index contributed by atoms with van der Waals surface area (Å²) in [5, 5.41) is 7.92. The molecule has 0 bridgehead atoms. The van der Waals surface area contributed by atoms with Crippen LogP contribution >= 0.6 is 0 Å². The van der Waals surface area contributed by atoms with Gasteiger partial charge in [0, 0.05) is 25.6 Å². The maximum atomic E-state index is 11.1. The summed E-state index contributed by atoms with van der Waals surface area (Å²) in [7, 11) is -3.11. The minimum Gasteiger partial charge on any atom is -0.424 e. The molecular weight excluding hydrogens is 268 g/mol. The normalized spacial score (nSPS) is 18.8. The zero-order chi connectivity index (χ0) is 13.9. The summed E-state index contributed by atoms with van der Waals surface area (Å²) in [6.45, 7) is 4.27. The van der Waals surface area contributed by atoms with E-state index in [-0.39, 0.29) is 6.04 Å².